The average Bonchev–Trinajstić information content (AvgIpc) is 3.45. The predicted molar refractivity (Wildman–Crippen MR) is 117 cm³/mol. The van der Waals surface area contributed by atoms with Crippen LogP contribution in [-0.2, 0) is 4.79 Å². The van der Waals surface area contributed by atoms with E-state index in [4.69, 9.17) is 9.47 Å². The quantitative estimate of drug-likeness (QED) is 0.699. The van der Waals surface area contributed by atoms with E-state index in [-0.39, 0.29) is 11.9 Å². The summed E-state index contributed by atoms with van der Waals surface area (Å²) in [6.07, 6.45) is 3.28. The van der Waals surface area contributed by atoms with E-state index in [9.17, 15) is 4.79 Å². The normalized spacial score (nSPS) is 19.1. The summed E-state index contributed by atoms with van der Waals surface area (Å²) in [7, 11) is 1.65. The van der Waals surface area contributed by atoms with E-state index >= 15 is 0 Å². The molecule has 4 rings (SSSR count). The molecule has 1 fully saturated rings. The van der Waals surface area contributed by atoms with Crippen LogP contribution in [0.2, 0.25) is 0 Å². The Morgan fingerprint density at radius 2 is 1.70 bits per heavy atom. The van der Waals surface area contributed by atoms with Crippen molar-refractivity contribution < 1.29 is 14.3 Å². The standard InChI is InChI=1S/C24H29N3O3/c1-18(28)27-24(20-7-9-21(29-2)10-8-20)17-23(25-27)19-5-11-22(12-6-19)30-16-15-26-13-3-4-14-26/h5-12,24H,3-4,13-17H2,1-2H3. The van der Waals surface area contributed by atoms with E-state index in [0.717, 1.165) is 34.9 Å². The monoisotopic (exact) mass is 407 g/mol. The maximum atomic E-state index is 12.2. The van der Waals surface area contributed by atoms with E-state index in [1.807, 2.05) is 48.5 Å². The van der Waals surface area contributed by atoms with Gasteiger partial charge in [0.2, 0.25) is 5.91 Å². The molecule has 6 nitrogen and oxygen atoms in total. The van der Waals surface area contributed by atoms with E-state index in [1.54, 1.807) is 19.0 Å². The molecule has 1 atom stereocenters. The van der Waals surface area contributed by atoms with Gasteiger partial charge in [0.15, 0.2) is 0 Å². The van der Waals surface area contributed by atoms with E-state index in [2.05, 4.69) is 10.0 Å². The van der Waals surface area contributed by atoms with Gasteiger partial charge >= 0.3 is 0 Å². The highest BCUT2D eigenvalue weighted by Crippen LogP contribution is 2.33. The average molecular weight is 408 g/mol. The minimum absolute atomic E-state index is 0.0623. The van der Waals surface area contributed by atoms with Crippen molar-refractivity contribution >= 4 is 11.6 Å². The van der Waals surface area contributed by atoms with Crippen molar-refractivity contribution in [1.82, 2.24) is 9.91 Å². The van der Waals surface area contributed by atoms with Gasteiger partial charge in [0, 0.05) is 19.9 Å². The number of likely N-dealkylation sites (tertiary alicyclic amines) is 1. The van der Waals surface area contributed by atoms with Gasteiger partial charge in [-0.25, -0.2) is 5.01 Å². The van der Waals surface area contributed by atoms with Gasteiger partial charge < -0.3 is 9.47 Å². The number of carbonyl (C=O) groups excluding carboxylic acids is 1. The maximum absolute atomic E-state index is 12.2. The number of hydrogen-bond acceptors (Lipinski definition) is 5. The highest BCUT2D eigenvalue weighted by molar-refractivity contribution is 6.03. The first-order valence-corrected chi connectivity index (χ1v) is 10.6. The molecule has 6 heteroatoms. The molecule has 2 aliphatic rings. The van der Waals surface area contributed by atoms with Gasteiger partial charge in [-0.2, -0.15) is 5.10 Å². The molecule has 0 spiro atoms. The Balaban J connectivity index is 1.41. The van der Waals surface area contributed by atoms with Gasteiger partial charge in [-0.1, -0.05) is 12.1 Å². The largest absolute Gasteiger partial charge is 0.497 e. The lowest BCUT2D eigenvalue weighted by Gasteiger charge is -2.20. The fourth-order valence-corrected chi connectivity index (χ4v) is 4.10. The molecule has 0 saturated carbocycles. The Bertz CT molecular complexity index is 887. The van der Waals surface area contributed by atoms with Crippen LogP contribution < -0.4 is 9.47 Å². The lowest BCUT2D eigenvalue weighted by molar-refractivity contribution is -0.130. The molecule has 158 valence electrons. The van der Waals surface area contributed by atoms with Crippen LogP contribution in [0, 0.1) is 0 Å². The fourth-order valence-electron chi connectivity index (χ4n) is 4.10. The zero-order valence-corrected chi connectivity index (χ0v) is 17.7. The van der Waals surface area contributed by atoms with Crippen molar-refractivity contribution in [3.05, 3.63) is 59.7 Å². The fraction of sp³-hybridized carbons (Fsp3) is 0.417. The lowest BCUT2D eigenvalue weighted by atomic mass is 9.98. The molecule has 2 aromatic rings. The smallest absolute Gasteiger partial charge is 0.240 e. The Kier molecular flexibility index (Phi) is 6.33. The third-order valence-corrected chi connectivity index (χ3v) is 5.80. The highest BCUT2D eigenvalue weighted by atomic mass is 16.5. The Hall–Kier alpha value is -2.86. The molecule has 1 amide bonds. The van der Waals surface area contributed by atoms with Gasteiger partial charge in [-0.05, 0) is 73.5 Å². The summed E-state index contributed by atoms with van der Waals surface area (Å²) in [6.45, 7) is 5.61. The van der Waals surface area contributed by atoms with Crippen molar-refractivity contribution in [2.24, 2.45) is 5.10 Å². The molecule has 2 aliphatic heterocycles. The predicted octanol–water partition coefficient (Wildman–Crippen LogP) is 3.87. The molecule has 0 bridgehead atoms. The number of carbonyl (C=O) groups is 1. The number of methoxy groups -OCH3 is 1. The van der Waals surface area contributed by atoms with Crippen LogP contribution in [-0.4, -0.2) is 54.9 Å². The number of benzene rings is 2. The van der Waals surface area contributed by atoms with Crippen LogP contribution in [0.3, 0.4) is 0 Å². The number of amides is 1. The molecular weight excluding hydrogens is 378 g/mol. The van der Waals surface area contributed by atoms with Gasteiger partial charge in [-0.15, -0.1) is 0 Å². The molecule has 0 radical (unpaired) electrons. The first-order valence-electron chi connectivity index (χ1n) is 10.6. The molecule has 1 saturated heterocycles. The van der Waals surface area contributed by atoms with Gasteiger partial charge in [0.1, 0.15) is 18.1 Å². The topological polar surface area (TPSA) is 54.4 Å². The summed E-state index contributed by atoms with van der Waals surface area (Å²) in [4.78, 5) is 14.6. The van der Waals surface area contributed by atoms with E-state index in [0.29, 0.717) is 13.0 Å². The summed E-state index contributed by atoms with van der Waals surface area (Å²) in [5, 5.41) is 6.20. The van der Waals surface area contributed by atoms with Crippen LogP contribution in [0.25, 0.3) is 0 Å². The number of rotatable bonds is 7. The van der Waals surface area contributed by atoms with Crippen molar-refractivity contribution in [2.75, 3.05) is 33.4 Å². The van der Waals surface area contributed by atoms with Crippen molar-refractivity contribution in [3.63, 3.8) is 0 Å². The third kappa shape index (κ3) is 4.65. The van der Waals surface area contributed by atoms with Crippen LogP contribution in [0.5, 0.6) is 11.5 Å². The molecular formula is C24H29N3O3. The second kappa shape index (κ2) is 9.30. The Morgan fingerprint density at radius 3 is 2.33 bits per heavy atom. The summed E-state index contributed by atoms with van der Waals surface area (Å²) >= 11 is 0. The SMILES string of the molecule is COc1ccc(C2CC(c3ccc(OCCN4CCCC4)cc3)=NN2C(C)=O)cc1. The maximum Gasteiger partial charge on any atom is 0.240 e. The zero-order chi connectivity index (χ0) is 20.9. The van der Waals surface area contributed by atoms with Crippen LogP contribution >= 0.6 is 0 Å². The van der Waals surface area contributed by atoms with E-state index < -0.39 is 0 Å². The lowest BCUT2D eigenvalue weighted by Crippen LogP contribution is -2.25. The first-order chi connectivity index (χ1) is 14.6. The third-order valence-electron chi connectivity index (χ3n) is 5.80. The minimum Gasteiger partial charge on any atom is -0.497 e. The second-order valence-corrected chi connectivity index (χ2v) is 7.82. The molecule has 0 aliphatic carbocycles. The molecule has 30 heavy (non-hydrogen) atoms. The number of hydrogen-bond donors (Lipinski definition) is 0. The van der Waals surface area contributed by atoms with Crippen LogP contribution in [0.4, 0.5) is 0 Å². The number of hydrazone groups is 1. The number of nitrogens with zero attached hydrogens (tertiary/aromatic N) is 3. The molecule has 1 unspecified atom stereocenters. The summed E-state index contributed by atoms with van der Waals surface area (Å²) in [6, 6.07) is 15.8. The summed E-state index contributed by atoms with van der Waals surface area (Å²) in [5.74, 6) is 1.60. The zero-order valence-electron chi connectivity index (χ0n) is 17.7. The van der Waals surface area contributed by atoms with Crippen molar-refractivity contribution in [1.29, 1.82) is 0 Å². The Morgan fingerprint density at radius 1 is 1.03 bits per heavy atom. The summed E-state index contributed by atoms with van der Waals surface area (Å²) in [5.41, 5.74) is 2.98. The highest BCUT2D eigenvalue weighted by Gasteiger charge is 2.31. The first kappa shape index (κ1) is 20.4. The second-order valence-electron chi connectivity index (χ2n) is 7.82. The minimum atomic E-state index is -0.0974. The van der Waals surface area contributed by atoms with Gasteiger partial charge in [0.05, 0.1) is 18.9 Å². The van der Waals surface area contributed by atoms with Crippen molar-refractivity contribution in [2.45, 2.75) is 32.2 Å². The van der Waals surface area contributed by atoms with Crippen molar-refractivity contribution in [3.8, 4) is 11.5 Å². The van der Waals surface area contributed by atoms with Crippen LogP contribution in [0.15, 0.2) is 53.6 Å². The van der Waals surface area contributed by atoms with Gasteiger partial charge in [0.25, 0.3) is 0 Å². The molecule has 0 N–H and O–H groups in total. The number of ether oxygens (including phenoxy) is 2. The molecule has 2 heterocycles. The Labute approximate surface area is 178 Å². The van der Waals surface area contributed by atoms with E-state index in [1.165, 1.54) is 25.9 Å². The molecule has 0 aromatic heterocycles. The van der Waals surface area contributed by atoms with Crippen LogP contribution in [0.1, 0.15) is 43.4 Å². The van der Waals surface area contributed by atoms with Gasteiger partial charge in [-0.3, -0.25) is 9.69 Å². The summed E-state index contributed by atoms with van der Waals surface area (Å²) < 4.78 is 11.1. The molecule has 2 aromatic carbocycles.